The number of hydrogen-bond donors (Lipinski definition) is 1. The van der Waals surface area contributed by atoms with Gasteiger partial charge in [-0.3, -0.25) is 9.69 Å². The number of sulfonamides is 1. The molecule has 1 N–H and O–H groups in total. The van der Waals surface area contributed by atoms with Crippen molar-refractivity contribution >= 4 is 16.0 Å². The molecule has 146 valence electrons. The van der Waals surface area contributed by atoms with E-state index in [0.29, 0.717) is 31.7 Å². The zero-order valence-electron chi connectivity index (χ0n) is 15.8. The predicted octanol–water partition coefficient (Wildman–Crippen LogP) is 1.95. The Morgan fingerprint density at radius 2 is 1.96 bits per heavy atom. The van der Waals surface area contributed by atoms with E-state index in [0.717, 1.165) is 5.56 Å². The zero-order valence-corrected chi connectivity index (χ0v) is 16.6. The Morgan fingerprint density at radius 1 is 1.35 bits per heavy atom. The number of carboxylic acid groups (broad SMARTS) is 1. The van der Waals surface area contributed by atoms with Crippen molar-refractivity contribution in [2.45, 2.75) is 50.7 Å². The summed E-state index contributed by atoms with van der Waals surface area (Å²) in [5.41, 5.74) is 0.788. The first-order valence-electron chi connectivity index (χ1n) is 8.80. The minimum atomic E-state index is -3.56. The molecule has 26 heavy (non-hydrogen) atoms. The summed E-state index contributed by atoms with van der Waals surface area (Å²) in [7, 11) is -1.80. The van der Waals surface area contributed by atoms with Gasteiger partial charge in [-0.05, 0) is 64.4 Å². The van der Waals surface area contributed by atoms with E-state index < -0.39 is 16.0 Å². The van der Waals surface area contributed by atoms with Crippen LogP contribution in [0.25, 0.3) is 0 Å². The second-order valence-electron chi connectivity index (χ2n) is 7.04. The molecule has 0 atom stereocenters. The van der Waals surface area contributed by atoms with Crippen LogP contribution in [-0.4, -0.2) is 67.5 Å². The Labute approximate surface area is 155 Å². The molecule has 2 rings (SSSR count). The molecule has 7 nitrogen and oxygen atoms in total. The van der Waals surface area contributed by atoms with Crippen LogP contribution in [-0.2, 0) is 14.8 Å². The highest BCUT2D eigenvalue weighted by molar-refractivity contribution is 7.89. The predicted molar refractivity (Wildman–Crippen MR) is 99.0 cm³/mol. The van der Waals surface area contributed by atoms with Gasteiger partial charge in [-0.25, -0.2) is 8.42 Å². The van der Waals surface area contributed by atoms with Gasteiger partial charge < -0.3 is 9.84 Å². The second kappa shape index (κ2) is 8.37. The third-order valence-corrected chi connectivity index (χ3v) is 6.47. The third-order valence-electron chi connectivity index (χ3n) is 4.58. The summed E-state index contributed by atoms with van der Waals surface area (Å²) < 4.78 is 33.0. The fourth-order valence-electron chi connectivity index (χ4n) is 3.18. The van der Waals surface area contributed by atoms with Crippen LogP contribution in [0.5, 0.6) is 5.75 Å². The van der Waals surface area contributed by atoms with E-state index in [1.165, 1.54) is 4.31 Å². The molecule has 0 unspecified atom stereocenters. The lowest BCUT2D eigenvalue weighted by Gasteiger charge is -2.35. The summed E-state index contributed by atoms with van der Waals surface area (Å²) in [4.78, 5) is 12.9. The topological polar surface area (TPSA) is 87.2 Å². The normalized spacial score (nSPS) is 17.0. The van der Waals surface area contributed by atoms with Crippen molar-refractivity contribution in [3.8, 4) is 5.75 Å². The lowest BCUT2D eigenvalue weighted by atomic mass is 10.1. The first-order valence-corrected chi connectivity index (χ1v) is 10.2. The number of benzene rings is 1. The maximum absolute atomic E-state index is 12.9. The van der Waals surface area contributed by atoms with Gasteiger partial charge in [0.05, 0.1) is 17.5 Å². The molecular weight excluding hydrogens is 356 g/mol. The average molecular weight is 384 g/mol. The SMILES string of the molecule is Cc1cc(S(=O)(=O)N2CCC(N(C)CC(=O)O)CC2)ccc1OC(C)C. The van der Waals surface area contributed by atoms with Crippen molar-refractivity contribution in [1.29, 1.82) is 0 Å². The summed E-state index contributed by atoms with van der Waals surface area (Å²) in [6, 6.07) is 5.02. The number of carbonyl (C=O) groups is 1. The van der Waals surface area contributed by atoms with Crippen LogP contribution in [0.1, 0.15) is 32.3 Å². The molecule has 1 aliphatic rings. The quantitative estimate of drug-likeness (QED) is 0.773. The van der Waals surface area contributed by atoms with Gasteiger partial charge in [-0.2, -0.15) is 4.31 Å². The van der Waals surface area contributed by atoms with Crippen molar-refractivity contribution in [2.75, 3.05) is 26.7 Å². The Bertz CT molecular complexity index is 740. The van der Waals surface area contributed by atoms with Crippen molar-refractivity contribution in [2.24, 2.45) is 0 Å². The van der Waals surface area contributed by atoms with Gasteiger partial charge in [0.25, 0.3) is 0 Å². The lowest BCUT2D eigenvalue weighted by molar-refractivity contribution is -0.138. The zero-order chi connectivity index (χ0) is 19.5. The fraction of sp³-hybridized carbons (Fsp3) is 0.611. The molecule has 1 fully saturated rings. The summed E-state index contributed by atoms with van der Waals surface area (Å²) in [6.07, 6.45) is 1.27. The van der Waals surface area contributed by atoms with Gasteiger partial charge in [0, 0.05) is 19.1 Å². The third kappa shape index (κ3) is 4.96. The van der Waals surface area contributed by atoms with Crippen LogP contribution in [0.2, 0.25) is 0 Å². The molecule has 8 heteroatoms. The molecule has 0 saturated carbocycles. The molecule has 1 saturated heterocycles. The van der Waals surface area contributed by atoms with Gasteiger partial charge in [-0.1, -0.05) is 0 Å². The van der Waals surface area contributed by atoms with E-state index >= 15 is 0 Å². The minimum Gasteiger partial charge on any atom is -0.491 e. The molecule has 1 aromatic carbocycles. The Balaban J connectivity index is 2.07. The minimum absolute atomic E-state index is 0.0259. The van der Waals surface area contributed by atoms with Crippen LogP contribution in [0.3, 0.4) is 0 Å². The van der Waals surface area contributed by atoms with Gasteiger partial charge in [-0.15, -0.1) is 0 Å². The van der Waals surface area contributed by atoms with Gasteiger partial charge in [0.1, 0.15) is 5.75 Å². The van der Waals surface area contributed by atoms with Crippen molar-refractivity contribution in [1.82, 2.24) is 9.21 Å². The Morgan fingerprint density at radius 3 is 2.46 bits per heavy atom. The van der Waals surface area contributed by atoms with E-state index in [2.05, 4.69) is 0 Å². The van der Waals surface area contributed by atoms with E-state index in [9.17, 15) is 13.2 Å². The average Bonchev–Trinajstić information content (AvgIpc) is 2.55. The summed E-state index contributed by atoms with van der Waals surface area (Å²) in [5.74, 6) is -0.185. The van der Waals surface area contributed by atoms with Crippen LogP contribution < -0.4 is 4.74 Å². The molecule has 0 aromatic heterocycles. The smallest absolute Gasteiger partial charge is 0.317 e. The van der Waals surface area contributed by atoms with E-state index in [4.69, 9.17) is 9.84 Å². The maximum Gasteiger partial charge on any atom is 0.317 e. The lowest BCUT2D eigenvalue weighted by Crippen LogP contribution is -2.46. The number of aliphatic carboxylic acids is 1. The number of hydrogen-bond acceptors (Lipinski definition) is 5. The maximum atomic E-state index is 12.9. The number of likely N-dealkylation sites (N-methyl/N-ethyl adjacent to an activating group) is 1. The van der Waals surface area contributed by atoms with Crippen molar-refractivity contribution in [3.63, 3.8) is 0 Å². The van der Waals surface area contributed by atoms with Crippen LogP contribution >= 0.6 is 0 Å². The number of carboxylic acids is 1. The van der Waals surface area contributed by atoms with Crippen molar-refractivity contribution in [3.05, 3.63) is 23.8 Å². The first-order chi connectivity index (χ1) is 12.1. The molecule has 0 amide bonds. The molecular formula is C18H28N2O5S. The first kappa shape index (κ1) is 20.7. The molecule has 0 radical (unpaired) electrons. The summed E-state index contributed by atoms with van der Waals surface area (Å²) >= 11 is 0. The highest BCUT2D eigenvalue weighted by Gasteiger charge is 2.31. The van der Waals surface area contributed by atoms with Crippen LogP contribution in [0, 0.1) is 6.92 Å². The van der Waals surface area contributed by atoms with Gasteiger partial charge in [0.2, 0.25) is 10.0 Å². The highest BCUT2D eigenvalue weighted by atomic mass is 32.2. The standard InChI is InChI=1S/C18H28N2O5S/c1-13(2)25-17-6-5-16(11-14(17)3)26(23,24)20-9-7-15(8-10-20)19(4)12-18(21)22/h5-6,11,13,15H,7-10,12H2,1-4H3,(H,21,22). The number of piperidine rings is 1. The monoisotopic (exact) mass is 384 g/mol. The largest absolute Gasteiger partial charge is 0.491 e. The van der Waals surface area contributed by atoms with Gasteiger partial charge in [0.15, 0.2) is 0 Å². The molecule has 1 aromatic rings. The molecule has 0 spiro atoms. The summed E-state index contributed by atoms with van der Waals surface area (Å²) in [6.45, 7) is 6.43. The number of aryl methyl sites for hydroxylation is 1. The van der Waals surface area contributed by atoms with Crippen molar-refractivity contribution < 1.29 is 23.1 Å². The second-order valence-corrected chi connectivity index (χ2v) is 8.98. The Hall–Kier alpha value is -1.64. The van der Waals surface area contributed by atoms with E-state index in [-0.39, 0.29) is 23.6 Å². The molecule has 1 aliphatic heterocycles. The number of rotatable bonds is 7. The van der Waals surface area contributed by atoms with E-state index in [1.54, 1.807) is 30.1 Å². The van der Waals surface area contributed by atoms with Gasteiger partial charge >= 0.3 is 5.97 Å². The fourth-order valence-corrected chi connectivity index (χ4v) is 4.74. The summed E-state index contributed by atoms with van der Waals surface area (Å²) in [5, 5.41) is 8.89. The van der Waals surface area contributed by atoms with Crippen LogP contribution in [0.15, 0.2) is 23.1 Å². The molecule has 0 aliphatic carbocycles. The highest BCUT2D eigenvalue weighted by Crippen LogP contribution is 2.27. The Kier molecular flexibility index (Phi) is 6.65. The van der Waals surface area contributed by atoms with Crippen LogP contribution in [0.4, 0.5) is 0 Å². The molecule has 1 heterocycles. The van der Waals surface area contributed by atoms with E-state index in [1.807, 2.05) is 20.8 Å². The number of nitrogens with zero attached hydrogens (tertiary/aromatic N) is 2. The number of ether oxygens (including phenoxy) is 1. The molecule has 0 bridgehead atoms.